The van der Waals surface area contributed by atoms with E-state index < -0.39 is 10.0 Å². The van der Waals surface area contributed by atoms with Gasteiger partial charge in [-0.25, -0.2) is 13.1 Å². The van der Waals surface area contributed by atoms with Crippen molar-refractivity contribution in [2.75, 3.05) is 23.9 Å². The van der Waals surface area contributed by atoms with Crippen molar-refractivity contribution in [1.82, 2.24) is 4.72 Å². The molecule has 88 valence electrons. The van der Waals surface area contributed by atoms with Gasteiger partial charge in [-0.2, -0.15) is 0 Å². The standard InChI is InChI=1S/C10H14N2O2S2/c1-16(13,14)12-8-6-11-9-4-2-3-5-10(9)15-7-8/h2-5,8,11-12H,6-7H2,1H3. The summed E-state index contributed by atoms with van der Waals surface area (Å²) in [5.74, 6) is 0.747. The fraction of sp³-hybridized carbons (Fsp3) is 0.400. The minimum Gasteiger partial charge on any atom is -0.383 e. The summed E-state index contributed by atoms with van der Waals surface area (Å²) in [5.41, 5.74) is 1.07. The molecule has 6 heteroatoms. The van der Waals surface area contributed by atoms with Crippen LogP contribution in [-0.2, 0) is 10.0 Å². The first kappa shape index (κ1) is 11.8. The molecule has 0 radical (unpaired) electrons. The van der Waals surface area contributed by atoms with Gasteiger partial charge in [0.2, 0.25) is 10.0 Å². The molecule has 4 nitrogen and oxygen atoms in total. The molecule has 2 rings (SSSR count). The van der Waals surface area contributed by atoms with Gasteiger partial charge in [-0.15, -0.1) is 11.8 Å². The molecule has 1 heterocycles. The van der Waals surface area contributed by atoms with Gasteiger partial charge in [0, 0.05) is 28.9 Å². The lowest BCUT2D eigenvalue weighted by Crippen LogP contribution is -2.40. The maximum Gasteiger partial charge on any atom is 0.209 e. The smallest absolute Gasteiger partial charge is 0.209 e. The predicted octanol–water partition coefficient (Wildman–Crippen LogP) is 1.12. The van der Waals surface area contributed by atoms with Crippen LogP contribution < -0.4 is 10.0 Å². The first-order valence-corrected chi connectivity index (χ1v) is 7.85. The Labute approximate surface area is 99.9 Å². The van der Waals surface area contributed by atoms with Gasteiger partial charge in [0.1, 0.15) is 0 Å². The summed E-state index contributed by atoms with van der Waals surface area (Å²) in [6, 6.07) is 7.93. The zero-order valence-electron chi connectivity index (χ0n) is 8.93. The quantitative estimate of drug-likeness (QED) is 0.834. The topological polar surface area (TPSA) is 58.2 Å². The van der Waals surface area contributed by atoms with Crippen LogP contribution in [0.2, 0.25) is 0 Å². The highest BCUT2D eigenvalue weighted by atomic mass is 32.2. The number of nitrogens with one attached hydrogen (secondary N) is 2. The molecule has 16 heavy (non-hydrogen) atoms. The Balaban J connectivity index is 2.08. The maximum atomic E-state index is 11.1. The number of rotatable bonds is 2. The van der Waals surface area contributed by atoms with E-state index in [1.54, 1.807) is 11.8 Å². The van der Waals surface area contributed by atoms with Gasteiger partial charge in [-0.1, -0.05) is 12.1 Å². The Bertz CT molecular complexity index is 446. The third-order valence-electron chi connectivity index (χ3n) is 2.25. The van der Waals surface area contributed by atoms with Crippen molar-refractivity contribution in [1.29, 1.82) is 0 Å². The van der Waals surface area contributed by atoms with Crippen LogP contribution in [0.4, 0.5) is 5.69 Å². The molecule has 0 amide bonds. The van der Waals surface area contributed by atoms with Crippen LogP contribution >= 0.6 is 11.8 Å². The van der Waals surface area contributed by atoms with E-state index in [0.29, 0.717) is 6.54 Å². The minimum absolute atomic E-state index is 0.0626. The molecule has 0 spiro atoms. The van der Waals surface area contributed by atoms with E-state index in [1.165, 1.54) is 11.2 Å². The van der Waals surface area contributed by atoms with Gasteiger partial charge in [0.05, 0.1) is 6.26 Å². The van der Waals surface area contributed by atoms with Gasteiger partial charge in [-0.05, 0) is 12.1 Å². The van der Waals surface area contributed by atoms with Gasteiger partial charge in [-0.3, -0.25) is 0 Å². The summed E-state index contributed by atoms with van der Waals surface area (Å²) in [4.78, 5) is 1.17. The van der Waals surface area contributed by atoms with Crippen molar-refractivity contribution in [3.8, 4) is 0 Å². The minimum atomic E-state index is -3.13. The van der Waals surface area contributed by atoms with Crippen LogP contribution in [0.25, 0.3) is 0 Å². The number of hydrogen-bond acceptors (Lipinski definition) is 4. The zero-order valence-corrected chi connectivity index (χ0v) is 10.6. The van der Waals surface area contributed by atoms with Crippen molar-refractivity contribution < 1.29 is 8.42 Å². The number of fused-ring (bicyclic) bond motifs is 1. The van der Waals surface area contributed by atoms with E-state index in [9.17, 15) is 8.42 Å². The van der Waals surface area contributed by atoms with Crippen LogP contribution in [-0.4, -0.2) is 33.0 Å². The van der Waals surface area contributed by atoms with Crippen molar-refractivity contribution in [3.05, 3.63) is 24.3 Å². The maximum absolute atomic E-state index is 11.1. The normalized spacial score (nSPS) is 20.7. The number of benzene rings is 1. The molecule has 0 fully saturated rings. The van der Waals surface area contributed by atoms with E-state index in [-0.39, 0.29) is 6.04 Å². The summed E-state index contributed by atoms with van der Waals surface area (Å²) in [7, 11) is -3.13. The third kappa shape index (κ3) is 3.13. The van der Waals surface area contributed by atoms with Crippen molar-refractivity contribution in [3.63, 3.8) is 0 Å². The van der Waals surface area contributed by atoms with E-state index in [1.807, 2.05) is 24.3 Å². The van der Waals surface area contributed by atoms with Crippen LogP contribution in [0.15, 0.2) is 29.2 Å². The Morgan fingerprint density at radius 1 is 1.44 bits per heavy atom. The SMILES string of the molecule is CS(=O)(=O)NC1CNc2ccccc2SC1. The second kappa shape index (κ2) is 4.65. The van der Waals surface area contributed by atoms with Crippen LogP contribution in [0.5, 0.6) is 0 Å². The van der Waals surface area contributed by atoms with Crippen LogP contribution in [0.3, 0.4) is 0 Å². The van der Waals surface area contributed by atoms with E-state index in [0.717, 1.165) is 11.4 Å². The highest BCUT2D eigenvalue weighted by molar-refractivity contribution is 7.99. The first-order chi connectivity index (χ1) is 7.54. The fourth-order valence-corrected chi connectivity index (χ4v) is 3.53. The van der Waals surface area contributed by atoms with Gasteiger partial charge >= 0.3 is 0 Å². The molecule has 0 aliphatic carbocycles. The van der Waals surface area contributed by atoms with Gasteiger partial charge in [0.25, 0.3) is 0 Å². The van der Waals surface area contributed by atoms with Crippen LogP contribution in [0, 0.1) is 0 Å². The molecular formula is C10H14N2O2S2. The molecule has 0 bridgehead atoms. The number of anilines is 1. The summed E-state index contributed by atoms with van der Waals surface area (Å²) in [6.07, 6.45) is 1.19. The second-order valence-electron chi connectivity index (χ2n) is 3.78. The predicted molar refractivity (Wildman–Crippen MR) is 67.4 cm³/mol. The Kier molecular flexibility index (Phi) is 3.41. The monoisotopic (exact) mass is 258 g/mol. The van der Waals surface area contributed by atoms with E-state index in [2.05, 4.69) is 10.0 Å². The molecule has 1 aliphatic rings. The summed E-state index contributed by atoms with van der Waals surface area (Å²) < 4.78 is 24.9. The molecule has 1 aromatic carbocycles. The molecule has 1 aliphatic heterocycles. The number of sulfonamides is 1. The molecule has 1 unspecified atom stereocenters. The van der Waals surface area contributed by atoms with Crippen molar-refractivity contribution in [2.24, 2.45) is 0 Å². The molecule has 1 aromatic rings. The van der Waals surface area contributed by atoms with Crippen molar-refractivity contribution in [2.45, 2.75) is 10.9 Å². The third-order valence-corrected chi connectivity index (χ3v) is 4.24. The number of para-hydroxylation sites is 1. The summed E-state index contributed by atoms with van der Waals surface area (Å²) >= 11 is 1.67. The van der Waals surface area contributed by atoms with Crippen molar-refractivity contribution >= 4 is 27.5 Å². The lowest BCUT2D eigenvalue weighted by Gasteiger charge is -2.14. The molecule has 0 aromatic heterocycles. The number of thioether (sulfide) groups is 1. The zero-order chi connectivity index (χ0) is 11.6. The molecule has 2 N–H and O–H groups in total. The number of hydrogen-bond donors (Lipinski definition) is 2. The molecule has 0 saturated carbocycles. The van der Waals surface area contributed by atoms with Gasteiger partial charge in [0.15, 0.2) is 0 Å². The average Bonchev–Trinajstić information content (AvgIpc) is 2.39. The van der Waals surface area contributed by atoms with E-state index >= 15 is 0 Å². The van der Waals surface area contributed by atoms with Crippen LogP contribution in [0.1, 0.15) is 0 Å². The largest absolute Gasteiger partial charge is 0.383 e. The second-order valence-corrected chi connectivity index (χ2v) is 6.62. The highest BCUT2D eigenvalue weighted by Crippen LogP contribution is 2.29. The molecule has 0 saturated heterocycles. The average molecular weight is 258 g/mol. The van der Waals surface area contributed by atoms with E-state index in [4.69, 9.17) is 0 Å². The Morgan fingerprint density at radius 2 is 2.19 bits per heavy atom. The highest BCUT2D eigenvalue weighted by Gasteiger charge is 2.18. The summed E-state index contributed by atoms with van der Waals surface area (Å²) in [5, 5.41) is 3.25. The van der Waals surface area contributed by atoms with Gasteiger partial charge < -0.3 is 5.32 Å². The summed E-state index contributed by atoms with van der Waals surface area (Å²) in [6.45, 7) is 0.622. The Hall–Kier alpha value is -0.720. The molecule has 1 atom stereocenters. The lowest BCUT2D eigenvalue weighted by atomic mass is 10.3. The fourth-order valence-electron chi connectivity index (χ4n) is 1.60. The first-order valence-electron chi connectivity index (χ1n) is 4.97. The molecular weight excluding hydrogens is 244 g/mol. The lowest BCUT2D eigenvalue weighted by molar-refractivity contribution is 0.573. The Morgan fingerprint density at radius 3 is 2.94 bits per heavy atom.